The predicted molar refractivity (Wildman–Crippen MR) is 64.6 cm³/mol. The Labute approximate surface area is 98.9 Å². The molecule has 0 aromatic heterocycles. The van der Waals surface area contributed by atoms with Gasteiger partial charge in [-0.2, -0.15) is 0 Å². The minimum Gasteiger partial charge on any atom is -0.378 e. The third-order valence-electron chi connectivity index (χ3n) is 3.85. The van der Waals surface area contributed by atoms with Gasteiger partial charge in [0.1, 0.15) is 0 Å². The average molecular weight is 227 g/mol. The highest BCUT2D eigenvalue weighted by atomic mass is 16.5. The highest BCUT2D eigenvalue weighted by Crippen LogP contribution is 2.22. The van der Waals surface area contributed by atoms with E-state index in [4.69, 9.17) is 9.47 Å². The maximum atomic E-state index is 5.73. The molecule has 0 amide bonds. The van der Waals surface area contributed by atoms with Gasteiger partial charge in [-0.25, -0.2) is 0 Å². The summed E-state index contributed by atoms with van der Waals surface area (Å²) in [4.78, 5) is 0. The van der Waals surface area contributed by atoms with Gasteiger partial charge in [-0.3, -0.25) is 0 Å². The molecule has 16 heavy (non-hydrogen) atoms. The van der Waals surface area contributed by atoms with Crippen LogP contribution in [0.15, 0.2) is 0 Å². The lowest BCUT2D eigenvalue weighted by atomic mass is 10.00. The lowest BCUT2D eigenvalue weighted by molar-refractivity contribution is 0.0716. The van der Waals surface area contributed by atoms with Crippen LogP contribution in [0.5, 0.6) is 0 Å². The maximum Gasteiger partial charge on any atom is 0.0728 e. The molecule has 0 aliphatic carbocycles. The molecule has 3 nitrogen and oxygen atoms in total. The second kappa shape index (κ2) is 6.58. The quantitative estimate of drug-likeness (QED) is 0.754. The molecule has 2 aliphatic heterocycles. The van der Waals surface area contributed by atoms with Crippen molar-refractivity contribution in [1.29, 1.82) is 0 Å². The van der Waals surface area contributed by atoms with Crippen molar-refractivity contribution in [3.63, 3.8) is 0 Å². The maximum absolute atomic E-state index is 5.73. The van der Waals surface area contributed by atoms with Gasteiger partial charge in [0, 0.05) is 19.3 Å². The van der Waals surface area contributed by atoms with E-state index >= 15 is 0 Å². The second-order valence-electron chi connectivity index (χ2n) is 5.01. The standard InChI is InChI=1S/C13H25NO2/c1-14-12(13-8-4-10-16-13)7-2-5-11-6-3-9-15-11/h11-14H,2-10H2,1H3. The van der Waals surface area contributed by atoms with Crippen LogP contribution in [0, 0.1) is 0 Å². The highest BCUT2D eigenvalue weighted by Gasteiger charge is 2.24. The summed E-state index contributed by atoms with van der Waals surface area (Å²) < 4.78 is 11.4. The van der Waals surface area contributed by atoms with Crippen LogP contribution in [-0.2, 0) is 9.47 Å². The molecule has 1 N–H and O–H groups in total. The molecule has 2 rings (SSSR count). The summed E-state index contributed by atoms with van der Waals surface area (Å²) >= 11 is 0. The first-order valence-corrected chi connectivity index (χ1v) is 6.80. The van der Waals surface area contributed by atoms with Gasteiger partial charge < -0.3 is 14.8 Å². The Balaban J connectivity index is 1.62. The molecule has 2 aliphatic rings. The van der Waals surface area contributed by atoms with Gasteiger partial charge in [0.2, 0.25) is 0 Å². The number of likely N-dealkylation sites (N-methyl/N-ethyl adjacent to an activating group) is 1. The molecule has 0 aromatic carbocycles. The molecular formula is C13H25NO2. The summed E-state index contributed by atoms with van der Waals surface area (Å²) in [6, 6.07) is 0.545. The van der Waals surface area contributed by atoms with Crippen LogP contribution in [-0.4, -0.2) is 38.5 Å². The van der Waals surface area contributed by atoms with Crippen molar-refractivity contribution >= 4 is 0 Å². The summed E-state index contributed by atoms with van der Waals surface area (Å²) in [5.74, 6) is 0. The summed E-state index contributed by atoms with van der Waals surface area (Å²) in [5, 5.41) is 3.40. The van der Waals surface area contributed by atoms with Crippen LogP contribution < -0.4 is 5.32 Å². The van der Waals surface area contributed by atoms with Gasteiger partial charge in [0.15, 0.2) is 0 Å². The molecule has 94 valence electrons. The first-order valence-electron chi connectivity index (χ1n) is 6.80. The van der Waals surface area contributed by atoms with Gasteiger partial charge >= 0.3 is 0 Å². The first kappa shape index (κ1) is 12.3. The number of nitrogens with one attached hydrogen (secondary N) is 1. The van der Waals surface area contributed by atoms with Crippen molar-refractivity contribution in [2.45, 2.75) is 63.2 Å². The van der Waals surface area contributed by atoms with Crippen molar-refractivity contribution in [2.75, 3.05) is 20.3 Å². The van der Waals surface area contributed by atoms with Gasteiger partial charge in [-0.05, 0) is 52.0 Å². The average Bonchev–Trinajstić information content (AvgIpc) is 2.96. The van der Waals surface area contributed by atoms with Crippen molar-refractivity contribution in [1.82, 2.24) is 5.32 Å². The molecular weight excluding hydrogens is 202 g/mol. The summed E-state index contributed by atoms with van der Waals surface area (Å²) in [5.41, 5.74) is 0. The van der Waals surface area contributed by atoms with Gasteiger partial charge in [0.05, 0.1) is 12.2 Å². The minimum atomic E-state index is 0.453. The van der Waals surface area contributed by atoms with E-state index in [1.807, 2.05) is 0 Å². The van der Waals surface area contributed by atoms with Gasteiger partial charge in [0.25, 0.3) is 0 Å². The van der Waals surface area contributed by atoms with Crippen LogP contribution in [0.3, 0.4) is 0 Å². The monoisotopic (exact) mass is 227 g/mol. The minimum absolute atomic E-state index is 0.453. The molecule has 2 fully saturated rings. The largest absolute Gasteiger partial charge is 0.378 e. The number of ether oxygens (including phenoxy) is 2. The predicted octanol–water partition coefficient (Wildman–Crippen LogP) is 2.10. The molecule has 0 bridgehead atoms. The van der Waals surface area contributed by atoms with Crippen LogP contribution >= 0.6 is 0 Å². The lowest BCUT2D eigenvalue weighted by Gasteiger charge is -2.22. The zero-order chi connectivity index (χ0) is 11.2. The van der Waals surface area contributed by atoms with Crippen molar-refractivity contribution in [3.05, 3.63) is 0 Å². The van der Waals surface area contributed by atoms with Crippen LogP contribution in [0.2, 0.25) is 0 Å². The van der Waals surface area contributed by atoms with Crippen molar-refractivity contribution < 1.29 is 9.47 Å². The van der Waals surface area contributed by atoms with E-state index < -0.39 is 0 Å². The zero-order valence-electron chi connectivity index (χ0n) is 10.4. The summed E-state index contributed by atoms with van der Waals surface area (Å²) in [6.07, 6.45) is 9.69. The Kier molecular flexibility index (Phi) is 5.07. The molecule has 0 saturated carbocycles. The molecule has 0 radical (unpaired) electrons. The fraction of sp³-hybridized carbons (Fsp3) is 1.00. The Bertz CT molecular complexity index is 186. The Morgan fingerprint density at radius 2 is 2.00 bits per heavy atom. The fourth-order valence-corrected chi connectivity index (χ4v) is 2.87. The highest BCUT2D eigenvalue weighted by molar-refractivity contribution is 4.79. The molecule has 2 heterocycles. The van der Waals surface area contributed by atoms with E-state index in [2.05, 4.69) is 12.4 Å². The third-order valence-corrected chi connectivity index (χ3v) is 3.85. The van der Waals surface area contributed by atoms with E-state index in [0.717, 1.165) is 13.2 Å². The first-order chi connectivity index (χ1) is 7.90. The number of rotatable bonds is 6. The topological polar surface area (TPSA) is 30.5 Å². The Morgan fingerprint density at radius 3 is 2.62 bits per heavy atom. The lowest BCUT2D eigenvalue weighted by Crippen LogP contribution is -2.37. The normalized spacial score (nSPS) is 32.1. The van der Waals surface area contributed by atoms with Gasteiger partial charge in [-0.15, -0.1) is 0 Å². The van der Waals surface area contributed by atoms with E-state index in [0.29, 0.717) is 18.2 Å². The fourth-order valence-electron chi connectivity index (χ4n) is 2.87. The zero-order valence-corrected chi connectivity index (χ0v) is 10.4. The number of hydrogen-bond acceptors (Lipinski definition) is 3. The molecule has 3 heteroatoms. The summed E-state index contributed by atoms with van der Waals surface area (Å²) in [7, 11) is 2.05. The van der Waals surface area contributed by atoms with E-state index in [1.54, 1.807) is 0 Å². The summed E-state index contributed by atoms with van der Waals surface area (Å²) in [6.45, 7) is 1.93. The van der Waals surface area contributed by atoms with Crippen LogP contribution in [0.4, 0.5) is 0 Å². The molecule has 0 spiro atoms. The molecule has 3 unspecified atom stereocenters. The van der Waals surface area contributed by atoms with E-state index in [9.17, 15) is 0 Å². The van der Waals surface area contributed by atoms with E-state index in [-0.39, 0.29) is 0 Å². The Hall–Kier alpha value is -0.120. The van der Waals surface area contributed by atoms with Crippen molar-refractivity contribution in [2.24, 2.45) is 0 Å². The Morgan fingerprint density at radius 1 is 1.19 bits per heavy atom. The second-order valence-corrected chi connectivity index (χ2v) is 5.01. The van der Waals surface area contributed by atoms with Crippen molar-refractivity contribution in [3.8, 4) is 0 Å². The van der Waals surface area contributed by atoms with Gasteiger partial charge in [-0.1, -0.05) is 0 Å². The molecule has 2 saturated heterocycles. The number of hydrogen-bond donors (Lipinski definition) is 1. The molecule has 3 atom stereocenters. The molecule has 0 aromatic rings. The van der Waals surface area contributed by atoms with E-state index in [1.165, 1.54) is 44.9 Å². The van der Waals surface area contributed by atoms with Crippen LogP contribution in [0.1, 0.15) is 44.9 Å². The smallest absolute Gasteiger partial charge is 0.0728 e. The SMILES string of the molecule is CNC(CCCC1CCCO1)C1CCCO1. The van der Waals surface area contributed by atoms with Crippen LogP contribution in [0.25, 0.3) is 0 Å². The third kappa shape index (κ3) is 3.44.